The third kappa shape index (κ3) is 3.39. The molecule has 2 aromatic heterocycles. The minimum absolute atomic E-state index is 0.202. The molecule has 0 aliphatic rings. The summed E-state index contributed by atoms with van der Waals surface area (Å²) in [5.74, 6) is -0.441. The first-order chi connectivity index (χ1) is 9.56. The number of carbonyl (C=O) groups excluding carboxylic acids is 2. The van der Waals surface area contributed by atoms with Gasteiger partial charge in [-0.05, 0) is 12.1 Å². The molecule has 2 heterocycles. The summed E-state index contributed by atoms with van der Waals surface area (Å²) in [7, 11) is 0. The van der Waals surface area contributed by atoms with Crippen molar-refractivity contribution in [3.63, 3.8) is 0 Å². The van der Waals surface area contributed by atoms with Crippen LogP contribution in [0.5, 0.6) is 0 Å². The number of hydrogen-bond donors (Lipinski definition) is 3. The van der Waals surface area contributed by atoms with E-state index in [9.17, 15) is 9.59 Å². The van der Waals surface area contributed by atoms with E-state index in [1.54, 1.807) is 35.4 Å². The number of hydrogen-bond acceptors (Lipinski definition) is 5. The minimum Gasteiger partial charge on any atom is -0.370 e. The number of carbonyl (C=O) groups is 2. The number of amides is 2. The molecule has 0 fully saturated rings. The van der Waals surface area contributed by atoms with Crippen LogP contribution in [0.4, 0.5) is 5.69 Å². The summed E-state index contributed by atoms with van der Waals surface area (Å²) in [5, 5.41) is 2.56. The largest absolute Gasteiger partial charge is 0.370 e. The molecule has 20 heavy (non-hydrogen) atoms. The topological polar surface area (TPSA) is 129 Å². The summed E-state index contributed by atoms with van der Waals surface area (Å²) < 4.78 is 1.73. The lowest BCUT2D eigenvalue weighted by molar-refractivity contribution is -0.123. The lowest BCUT2D eigenvalue weighted by Gasteiger charge is -2.10. The number of aromatic nitrogens is 3. The van der Waals surface area contributed by atoms with Crippen LogP contribution >= 0.6 is 0 Å². The van der Waals surface area contributed by atoms with Crippen molar-refractivity contribution in [1.82, 2.24) is 14.5 Å². The maximum Gasteiger partial charge on any atom is 0.241 e. The standard InChI is InChI=1S/C12H14N6O2/c13-9(5-10(14)19)12(20)17-8-1-2-11(16-6-8)18-4-3-15-7-18/h1-4,6-7,9H,5,13H2,(H2,14,19)(H,17,20). The fraction of sp³-hybridized carbons (Fsp3) is 0.167. The molecule has 5 N–H and O–H groups in total. The van der Waals surface area contributed by atoms with Gasteiger partial charge in [-0.15, -0.1) is 0 Å². The van der Waals surface area contributed by atoms with E-state index in [2.05, 4.69) is 15.3 Å². The predicted molar refractivity (Wildman–Crippen MR) is 71.8 cm³/mol. The number of pyridine rings is 1. The Kier molecular flexibility index (Phi) is 4.06. The average molecular weight is 274 g/mol. The van der Waals surface area contributed by atoms with Gasteiger partial charge in [-0.2, -0.15) is 0 Å². The van der Waals surface area contributed by atoms with E-state index in [1.165, 1.54) is 6.20 Å². The number of primary amides is 1. The number of anilines is 1. The van der Waals surface area contributed by atoms with Crippen molar-refractivity contribution in [2.75, 3.05) is 5.32 Å². The van der Waals surface area contributed by atoms with Gasteiger partial charge >= 0.3 is 0 Å². The molecular formula is C12H14N6O2. The first-order valence-corrected chi connectivity index (χ1v) is 5.85. The normalized spacial score (nSPS) is 11.8. The van der Waals surface area contributed by atoms with Crippen LogP contribution in [0, 0.1) is 0 Å². The Morgan fingerprint density at radius 2 is 2.20 bits per heavy atom. The monoisotopic (exact) mass is 274 g/mol. The molecule has 0 saturated carbocycles. The van der Waals surface area contributed by atoms with E-state index in [0.717, 1.165) is 0 Å². The number of rotatable bonds is 5. The number of nitrogens with zero attached hydrogens (tertiary/aromatic N) is 3. The Bertz CT molecular complexity index is 593. The highest BCUT2D eigenvalue weighted by Gasteiger charge is 2.16. The Morgan fingerprint density at radius 1 is 1.40 bits per heavy atom. The minimum atomic E-state index is -0.971. The van der Waals surface area contributed by atoms with Crippen LogP contribution < -0.4 is 16.8 Å². The van der Waals surface area contributed by atoms with Crippen LogP contribution in [0.25, 0.3) is 5.82 Å². The maximum atomic E-state index is 11.7. The first kappa shape index (κ1) is 13.7. The van der Waals surface area contributed by atoms with E-state index < -0.39 is 17.9 Å². The van der Waals surface area contributed by atoms with Gasteiger partial charge in [0.05, 0.1) is 24.3 Å². The summed E-state index contributed by atoms with van der Waals surface area (Å²) >= 11 is 0. The number of imidazole rings is 1. The van der Waals surface area contributed by atoms with Gasteiger partial charge in [0.1, 0.15) is 12.1 Å². The summed E-state index contributed by atoms with van der Waals surface area (Å²) in [6, 6.07) is 2.43. The highest BCUT2D eigenvalue weighted by molar-refractivity contribution is 5.97. The molecule has 0 saturated heterocycles. The van der Waals surface area contributed by atoms with E-state index in [1.807, 2.05) is 0 Å². The fourth-order valence-corrected chi connectivity index (χ4v) is 1.55. The summed E-state index contributed by atoms with van der Waals surface area (Å²) in [5.41, 5.74) is 11.0. The van der Waals surface area contributed by atoms with Gasteiger partial charge < -0.3 is 16.8 Å². The maximum absolute atomic E-state index is 11.7. The third-order valence-corrected chi connectivity index (χ3v) is 2.54. The van der Waals surface area contributed by atoms with Crippen molar-refractivity contribution >= 4 is 17.5 Å². The Balaban J connectivity index is 2.00. The zero-order chi connectivity index (χ0) is 14.5. The summed E-state index contributed by atoms with van der Waals surface area (Å²) in [4.78, 5) is 30.4. The molecule has 2 rings (SSSR count). The molecule has 0 radical (unpaired) electrons. The molecule has 0 aromatic carbocycles. The summed E-state index contributed by atoms with van der Waals surface area (Å²) in [6.07, 6.45) is 6.30. The van der Waals surface area contributed by atoms with Crippen LogP contribution in [0.15, 0.2) is 37.1 Å². The average Bonchev–Trinajstić information content (AvgIpc) is 2.92. The van der Waals surface area contributed by atoms with Crippen molar-refractivity contribution in [2.24, 2.45) is 11.5 Å². The van der Waals surface area contributed by atoms with E-state index >= 15 is 0 Å². The zero-order valence-corrected chi connectivity index (χ0v) is 10.6. The molecule has 8 heteroatoms. The highest BCUT2D eigenvalue weighted by Crippen LogP contribution is 2.09. The zero-order valence-electron chi connectivity index (χ0n) is 10.6. The highest BCUT2D eigenvalue weighted by atomic mass is 16.2. The van der Waals surface area contributed by atoms with Crippen molar-refractivity contribution in [2.45, 2.75) is 12.5 Å². The lowest BCUT2D eigenvalue weighted by atomic mass is 10.2. The quantitative estimate of drug-likeness (QED) is 0.671. The van der Waals surface area contributed by atoms with Crippen LogP contribution in [0.1, 0.15) is 6.42 Å². The molecule has 2 aromatic rings. The molecular weight excluding hydrogens is 260 g/mol. The van der Waals surface area contributed by atoms with Crippen molar-refractivity contribution in [3.05, 3.63) is 37.1 Å². The first-order valence-electron chi connectivity index (χ1n) is 5.85. The number of nitrogens with one attached hydrogen (secondary N) is 1. The molecule has 1 unspecified atom stereocenters. The van der Waals surface area contributed by atoms with Crippen LogP contribution in [0.2, 0.25) is 0 Å². The molecule has 0 aliphatic heterocycles. The van der Waals surface area contributed by atoms with Gasteiger partial charge in [0.2, 0.25) is 11.8 Å². The molecule has 8 nitrogen and oxygen atoms in total. The summed E-state index contributed by atoms with van der Waals surface area (Å²) in [6.45, 7) is 0. The second-order valence-electron chi connectivity index (χ2n) is 4.14. The second kappa shape index (κ2) is 5.93. The second-order valence-corrected chi connectivity index (χ2v) is 4.14. The molecule has 2 amide bonds. The predicted octanol–water partition coefficient (Wildman–Crippen LogP) is -0.591. The van der Waals surface area contributed by atoms with Gasteiger partial charge in [-0.3, -0.25) is 14.2 Å². The Hall–Kier alpha value is -2.74. The van der Waals surface area contributed by atoms with Gasteiger partial charge in [-0.25, -0.2) is 9.97 Å². The fourth-order valence-electron chi connectivity index (χ4n) is 1.55. The van der Waals surface area contributed by atoms with Gasteiger partial charge in [0, 0.05) is 12.4 Å². The van der Waals surface area contributed by atoms with Gasteiger partial charge in [0.15, 0.2) is 0 Å². The molecule has 0 spiro atoms. The smallest absolute Gasteiger partial charge is 0.241 e. The van der Waals surface area contributed by atoms with Crippen LogP contribution in [-0.2, 0) is 9.59 Å². The van der Waals surface area contributed by atoms with Crippen molar-refractivity contribution < 1.29 is 9.59 Å². The molecule has 0 aliphatic carbocycles. The lowest BCUT2D eigenvalue weighted by Crippen LogP contribution is -2.39. The van der Waals surface area contributed by atoms with Crippen LogP contribution in [0.3, 0.4) is 0 Å². The Labute approximate surface area is 114 Å². The number of nitrogens with two attached hydrogens (primary N) is 2. The SMILES string of the molecule is NC(=O)CC(N)C(=O)Nc1ccc(-n2ccnc2)nc1. The molecule has 0 bridgehead atoms. The van der Waals surface area contributed by atoms with E-state index in [4.69, 9.17) is 11.5 Å². The van der Waals surface area contributed by atoms with Crippen LogP contribution in [-0.4, -0.2) is 32.4 Å². The Morgan fingerprint density at radius 3 is 2.75 bits per heavy atom. The van der Waals surface area contributed by atoms with Gasteiger partial charge in [-0.1, -0.05) is 0 Å². The third-order valence-electron chi connectivity index (χ3n) is 2.54. The van der Waals surface area contributed by atoms with E-state index in [0.29, 0.717) is 11.5 Å². The van der Waals surface area contributed by atoms with Crippen molar-refractivity contribution in [1.29, 1.82) is 0 Å². The molecule has 1 atom stereocenters. The van der Waals surface area contributed by atoms with Gasteiger partial charge in [0.25, 0.3) is 0 Å². The molecule has 104 valence electrons. The van der Waals surface area contributed by atoms with E-state index in [-0.39, 0.29) is 6.42 Å². The van der Waals surface area contributed by atoms with Crippen molar-refractivity contribution in [3.8, 4) is 5.82 Å².